The van der Waals surface area contributed by atoms with Crippen LogP contribution in [0.3, 0.4) is 0 Å². The van der Waals surface area contributed by atoms with E-state index in [4.69, 9.17) is 5.73 Å². The second-order valence-corrected chi connectivity index (χ2v) is 7.21. The van der Waals surface area contributed by atoms with Crippen LogP contribution in [0.2, 0.25) is 0 Å². The number of carbonyl (C=O) groups excluding carboxylic acids is 1. The average molecular weight is 294 g/mol. The molecule has 0 aromatic carbocycles. The number of amides is 1. The third kappa shape index (κ3) is 3.06. The van der Waals surface area contributed by atoms with Crippen LogP contribution >= 0.6 is 11.3 Å². The quantitative estimate of drug-likeness (QED) is 0.753. The minimum absolute atomic E-state index is 0.0550. The van der Waals surface area contributed by atoms with Gasteiger partial charge in [-0.1, -0.05) is 11.3 Å². The minimum Gasteiger partial charge on any atom is -0.382 e. The number of hydrogen-bond acceptors (Lipinski definition) is 5. The Morgan fingerprint density at radius 2 is 1.90 bits per heavy atom. The highest BCUT2D eigenvalue weighted by molar-refractivity contribution is 7.18. The molecule has 20 heavy (non-hydrogen) atoms. The zero-order valence-corrected chi connectivity index (χ0v) is 12.8. The lowest BCUT2D eigenvalue weighted by Gasteiger charge is -2.16. The van der Waals surface area contributed by atoms with Crippen molar-refractivity contribution in [2.24, 2.45) is 11.8 Å². The zero-order valence-electron chi connectivity index (χ0n) is 12.0. The Morgan fingerprint density at radius 1 is 1.30 bits per heavy atom. The summed E-state index contributed by atoms with van der Waals surface area (Å²) >= 11 is 1.34. The van der Waals surface area contributed by atoms with Crippen LogP contribution in [0.15, 0.2) is 0 Å². The van der Waals surface area contributed by atoms with E-state index in [1.807, 2.05) is 13.8 Å². The third-order valence-corrected chi connectivity index (χ3v) is 4.83. The molecule has 1 amide bonds. The summed E-state index contributed by atoms with van der Waals surface area (Å²) in [6, 6.07) is 0.632. The molecule has 0 aliphatic heterocycles. The van der Waals surface area contributed by atoms with Crippen molar-refractivity contribution < 1.29 is 4.79 Å². The van der Waals surface area contributed by atoms with Crippen LogP contribution in [0.4, 0.5) is 10.9 Å². The maximum Gasteiger partial charge on any atom is 0.265 e. The van der Waals surface area contributed by atoms with Gasteiger partial charge in [0.1, 0.15) is 10.7 Å². The Bertz CT molecular complexity index is 493. The summed E-state index contributed by atoms with van der Waals surface area (Å²) in [5.74, 6) is 1.66. The smallest absolute Gasteiger partial charge is 0.265 e. The van der Waals surface area contributed by atoms with Crippen LogP contribution in [0, 0.1) is 11.8 Å². The van der Waals surface area contributed by atoms with Gasteiger partial charge < -0.3 is 16.4 Å². The van der Waals surface area contributed by atoms with Crippen LogP contribution in [0.1, 0.15) is 49.2 Å². The third-order valence-electron chi connectivity index (χ3n) is 3.83. The predicted molar refractivity (Wildman–Crippen MR) is 82.0 cm³/mol. The Balaban J connectivity index is 1.68. The molecular weight excluding hydrogens is 272 g/mol. The van der Waals surface area contributed by atoms with Crippen LogP contribution < -0.4 is 16.4 Å². The molecule has 1 heterocycles. The number of nitrogen functional groups attached to an aromatic ring is 1. The van der Waals surface area contributed by atoms with Gasteiger partial charge in [-0.25, -0.2) is 4.98 Å². The highest BCUT2D eigenvalue weighted by atomic mass is 32.1. The molecule has 0 unspecified atom stereocenters. The molecule has 5 nitrogen and oxygen atoms in total. The monoisotopic (exact) mass is 294 g/mol. The standard InChI is InChI=1S/C14H22N4OS/c1-7(2)16-14-18-12(15)11(20-14)13(19)17-10(8-3-4-8)9-5-6-9/h7-10H,3-6,15H2,1-2H3,(H,16,18)(H,17,19). The van der Waals surface area contributed by atoms with Gasteiger partial charge in [-0.2, -0.15) is 0 Å². The lowest BCUT2D eigenvalue weighted by molar-refractivity contribution is 0.0931. The van der Waals surface area contributed by atoms with E-state index in [0.29, 0.717) is 28.6 Å². The summed E-state index contributed by atoms with van der Waals surface area (Å²) in [5, 5.41) is 7.10. The van der Waals surface area contributed by atoms with Crippen molar-refractivity contribution in [2.75, 3.05) is 11.1 Å². The SMILES string of the molecule is CC(C)Nc1nc(N)c(C(=O)NC(C2CC2)C2CC2)s1. The number of nitrogens with two attached hydrogens (primary N) is 1. The molecule has 6 heteroatoms. The van der Waals surface area contributed by atoms with Gasteiger partial charge in [0.15, 0.2) is 5.13 Å². The molecule has 3 rings (SSSR count). The van der Waals surface area contributed by atoms with Gasteiger partial charge in [-0.15, -0.1) is 0 Å². The van der Waals surface area contributed by atoms with E-state index in [1.165, 1.54) is 37.0 Å². The van der Waals surface area contributed by atoms with E-state index in [9.17, 15) is 4.79 Å². The number of nitrogens with one attached hydrogen (secondary N) is 2. The van der Waals surface area contributed by atoms with Crippen LogP contribution in [-0.4, -0.2) is 23.0 Å². The Kier molecular flexibility index (Phi) is 3.58. The molecule has 2 saturated carbocycles. The first-order valence-electron chi connectivity index (χ1n) is 7.38. The molecule has 1 aromatic heterocycles. The van der Waals surface area contributed by atoms with Gasteiger partial charge in [-0.05, 0) is 51.4 Å². The molecule has 0 bridgehead atoms. The van der Waals surface area contributed by atoms with Crippen molar-refractivity contribution in [3.8, 4) is 0 Å². The number of aromatic nitrogens is 1. The first-order valence-corrected chi connectivity index (χ1v) is 8.20. The fourth-order valence-corrected chi connectivity index (χ4v) is 3.49. The van der Waals surface area contributed by atoms with E-state index in [-0.39, 0.29) is 11.9 Å². The van der Waals surface area contributed by atoms with E-state index in [2.05, 4.69) is 15.6 Å². The molecule has 2 fully saturated rings. The van der Waals surface area contributed by atoms with Crippen molar-refractivity contribution in [3.05, 3.63) is 4.88 Å². The number of carbonyl (C=O) groups is 1. The molecule has 0 radical (unpaired) electrons. The first-order chi connectivity index (χ1) is 9.54. The number of thiazole rings is 1. The van der Waals surface area contributed by atoms with Gasteiger partial charge in [0.2, 0.25) is 0 Å². The molecule has 0 saturated heterocycles. The van der Waals surface area contributed by atoms with Crippen LogP contribution in [0.5, 0.6) is 0 Å². The Hall–Kier alpha value is -1.30. The summed E-state index contributed by atoms with van der Waals surface area (Å²) in [6.07, 6.45) is 5.00. The fourth-order valence-electron chi connectivity index (χ4n) is 2.55. The predicted octanol–water partition coefficient (Wildman–Crippen LogP) is 2.46. The largest absolute Gasteiger partial charge is 0.382 e. The Morgan fingerprint density at radius 3 is 2.40 bits per heavy atom. The van der Waals surface area contributed by atoms with Crippen LogP contribution in [0.25, 0.3) is 0 Å². The van der Waals surface area contributed by atoms with Crippen molar-refractivity contribution in [3.63, 3.8) is 0 Å². The van der Waals surface area contributed by atoms with Crippen molar-refractivity contribution >= 4 is 28.2 Å². The average Bonchev–Trinajstić information content (AvgIpc) is 3.24. The maximum atomic E-state index is 12.4. The maximum absolute atomic E-state index is 12.4. The molecule has 0 atom stereocenters. The van der Waals surface area contributed by atoms with E-state index >= 15 is 0 Å². The number of nitrogens with zero attached hydrogens (tertiary/aromatic N) is 1. The topological polar surface area (TPSA) is 80.0 Å². The number of hydrogen-bond donors (Lipinski definition) is 3. The summed E-state index contributed by atoms with van der Waals surface area (Å²) < 4.78 is 0. The van der Waals surface area contributed by atoms with Crippen LogP contribution in [-0.2, 0) is 0 Å². The lowest BCUT2D eigenvalue weighted by Crippen LogP contribution is -2.38. The summed E-state index contributed by atoms with van der Waals surface area (Å²) in [6.45, 7) is 4.07. The molecule has 2 aliphatic rings. The first kappa shape index (κ1) is 13.7. The van der Waals surface area contributed by atoms with Gasteiger partial charge in [-0.3, -0.25) is 4.79 Å². The van der Waals surface area contributed by atoms with Gasteiger partial charge in [0.25, 0.3) is 5.91 Å². The molecule has 4 N–H and O–H groups in total. The highest BCUT2D eigenvalue weighted by Crippen LogP contribution is 2.44. The van der Waals surface area contributed by atoms with Gasteiger partial charge >= 0.3 is 0 Å². The molecule has 1 aromatic rings. The minimum atomic E-state index is -0.0550. The fraction of sp³-hybridized carbons (Fsp3) is 0.714. The number of anilines is 2. The summed E-state index contributed by atoms with van der Waals surface area (Å²) in [5.41, 5.74) is 5.88. The van der Waals surface area contributed by atoms with E-state index < -0.39 is 0 Å². The summed E-state index contributed by atoms with van der Waals surface area (Å²) in [7, 11) is 0. The molecule has 0 spiro atoms. The van der Waals surface area contributed by atoms with Crippen molar-refractivity contribution in [2.45, 2.75) is 51.6 Å². The normalized spacial score (nSPS) is 18.6. The van der Waals surface area contributed by atoms with Gasteiger partial charge in [0, 0.05) is 12.1 Å². The Labute approximate surface area is 123 Å². The van der Waals surface area contributed by atoms with Crippen molar-refractivity contribution in [1.82, 2.24) is 10.3 Å². The second-order valence-electron chi connectivity index (χ2n) is 6.21. The molecule has 2 aliphatic carbocycles. The molecule has 110 valence electrons. The lowest BCUT2D eigenvalue weighted by atomic mass is 10.1. The number of rotatable bonds is 6. The summed E-state index contributed by atoms with van der Waals surface area (Å²) in [4.78, 5) is 17.2. The highest BCUT2D eigenvalue weighted by Gasteiger charge is 2.42. The zero-order chi connectivity index (χ0) is 14.3. The van der Waals surface area contributed by atoms with E-state index in [1.54, 1.807) is 0 Å². The van der Waals surface area contributed by atoms with E-state index in [0.717, 1.165) is 5.13 Å². The molecular formula is C14H22N4OS. The van der Waals surface area contributed by atoms with Gasteiger partial charge in [0.05, 0.1) is 0 Å². The second kappa shape index (κ2) is 5.24. The van der Waals surface area contributed by atoms with Crippen molar-refractivity contribution in [1.29, 1.82) is 0 Å².